The standard InChI is InChI=1S/C35H37N3OS.HI/c1-26-18-22-37(23-19-26)20-7-21-38-33-10-5-6-11-34(33)40-35(38)25-28-24-29(15-12-27-13-16-30(39)17-14-27)36(2)32-9-4-3-8-31(28)32;/h3-6,8-17,24-26H,7,18-23H2,1-2H3;1H/b35-25-;. The third kappa shape index (κ3) is 6.82. The van der Waals surface area contributed by atoms with Gasteiger partial charge in [0.2, 0.25) is 11.2 Å². The largest absolute Gasteiger partial charge is 1.00 e. The maximum absolute atomic E-state index is 9.65. The number of para-hydroxylation sites is 2. The van der Waals surface area contributed by atoms with Crippen molar-refractivity contribution in [2.45, 2.75) is 31.1 Å². The van der Waals surface area contributed by atoms with Gasteiger partial charge in [0.1, 0.15) is 12.8 Å². The van der Waals surface area contributed by atoms with Gasteiger partial charge in [-0.2, -0.15) is 4.57 Å². The molecular weight excluding hydrogens is 637 g/mol. The van der Waals surface area contributed by atoms with E-state index in [1.807, 2.05) is 23.9 Å². The zero-order valence-corrected chi connectivity index (χ0v) is 26.8. The van der Waals surface area contributed by atoms with Crippen LogP contribution in [0, 0.1) is 5.92 Å². The zero-order valence-electron chi connectivity index (χ0n) is 23.8. The highest BCUT2D eigenvalue weighted by Gasteiger charge is 2.26. The summed E-state index contributed by atoms with van der Waals surface area (Å²) in [5, 5.41) is 12.2. The third-order valence-electron chi connectivity index (χ3n) is 8.25. The molecule has 4 aromatic rings. The Kier molecular flexibility index (Phi) is 9.73. The summed E-state index contributed by atoms with van der Waals surface area (Å²) in [6.07, 6.45) is 10.5. The molecule has 6 heteroatoms. The molecule has 0 spiro atoms. The van der Waals surface area contributed by atoms with Gasteiger partial charge < -0.3 is 38.9 Å². The van der Waals surface area contributed by atoms with Crippen LogP contribution in [0.4, 0.5) is 5.69 Å². The van der Waals surface area contributed by atoms with Crippen LogP contribution in [0.25, 0.3) is 29.1 Å². The smallest absolute Gasteiger partial charge is 0.213 e. The maximum atomic E-state index is 9.65. The zero-order chi connectivity index (χ0) is 27.5. The number of hydrogen-bond donors (Lipinski definition) is 1. The average molecular weight is 676 g/mol. The molecule has 4 nitrogen and oxygen atoms in total. The number of likely N-dealkylation sites (tertiary alicyclic amines) is 1. The molecule has 1 saturated heterocycles. The maximum Gasteiger partial charge on any atom is 0.213 e. The monoisotopic (exact) mass is 675 g/mol. The van der Waals surface area contributed by atoms with E-state index in [0.717, 1.165) is 30.1 Å². The van der Waals surface area contributed by atoms with Gasteiger partial charge in [0.05, 0.1) is 16.1 Å². The van der Waals surface area contributed by atoms with Crippen LogP contribution in [0.15, 0.2) is 88.8 Å². The van der Waals surface area contributed by atoms with Crippen LogP contribution in [0.5, 0.6) is 5.75 Å². The molecule has 2 aliphatic heterocycles. The number of fused-ring (bicyclic) bond motifs is 2. The minimum absolute atomic E-state index is 0. The van der Waals surface area contributed by atoms with Crippen molar-refractivity contribution in [3.05, 3.63) is 101 Å². The molecule has 1 fully saturated rings. The fourth-order valence-electron chi connectivity index (χ4n) is 5.79. The molecule has 3 heterocycles. The Morgan fingerprint density at radius 1 is 0.927 bits per heavy atom. The van der Waals surface area contributed by atoms with E-state index in [4.69, 9.17) is 0 Å². The number of aromatic hydroxyl groups is 1. The average Bonchev–Trinajstić information content (AvgIpc) is 3.32. The highest BCUT2D eigenvalue weighted by Crippen LogP contribution is 2.46. The number of anilines is 1. The quantitative estimate of drug-likeness (QED) is 0.230. The Morgan fingerprint density at radius 2 is 1.66 bits per heavy atom. The lowest BCUT2D eigenvalue weighted by Crippen LogP contribution is -3.00. The first kappa shape index (κ1) is 29.7. The van der Waals surface area contributed by atoms with Crippen LogP contribution in [-0.2, 0) is 7.05 Å². The molecule has 0 bridgehead atoms. The van der Waals surface area contributed by atoms with E-state index in [1.165, 1.54) is 64.6 Å². The summed E-state index contributed by atoms with van der Waals surface area (Å²) in [6, 6.07) is 27.1. The van der Waals surface area contributed by atoms with Crippen LogP contribution in [0.1, 0.15) is 43.0 Å². The van der Waals surface area contributed by atoms with Gasteiger partial charge in [-0.05, 0) is 98.4 Å². The number of nitrogens with zero attached hydrogens (tertiary/aromatic N) is 3. The van der Waals surface area contributed by atoms with Gasteiger partial charge in [0, 0.05) is 29.6 Å². The van der Waals surface area contributed by atoms with E-state index >= 15 is 0 Å². The van der Waals surface area contributed by atoms with Gasteiger partial charge in [0.25, 0.3) is 0 Å². The van der Waals surface area contributed by atoms with Crippen LogP contribution in [0.3, 0.4) is 0 Å². The Morgan fingerprint density at radius 3 is 2.46 bits per heavy atom. The van der Waals surface area contributed by atoms with Crippen molar-refractivity contribution in [2.75, 3.05) is 31.1 Å². The first-order chi connectivity index (χ1) is 19.5. The van der Waals surface area contributed by atoms with Crippen molar-refractivity contribution >= 4 is 46.6 Å². The summed E-state index contributed by atoms with van der Waals surface area (Å²) in [6.45, 7) is 7.05. The van der Waals surface area contributed by atoms with E-state index in [0.29, 0.717) is 0 Å². The molecule has 1 aromatic heterocycles. The fraction of sp³-hybridized carbons (Fsp3) is 0.286. The summed E-state index contributed by atoms with van der Waals surface area (Å²) < 4.78 is 2.25. The van der Waals surface area contributed by atoms with Crippen molar-refractivity contribution in [3.8, 4) is 5.75 Å². The Bertz CT molecular complexity index is 1560. The summed E-state index contributed by atoms with van der Waals surface area (Å²) in [7, 11) is 2.13. The van der Waals surface area contributed by atoms with Crippen molar-refractivity contribution in [2.24, 2.45) is 13.0 Å². The number of pyridine rings is 1. The van der Waals surface area contributed by atoms with Gasteiger partial charge in [0.15, 0.2) is 0 Å². The predicted molar refractivity (Wildman–Crippen MR) is 169 cm³/mol. The van der Waals surface area contributed by atoms with Crippen LogP contribution in [0.2, 0.25) is 0 Å². The second-order valence-corrected chi connectivity index (χ2v) is 12.2. The Labute approximate surface area is 265 Å². The number of piperidine rings is 1. The molecule has 0 atom stereocenters. The summed E-state index contributed by atoms with van der Waals surface area (Å²) >= 11 is 1.88. The van der Waals surface area contributed by atoms with E-state index in [2.05, 4.69) is 101 Å². The molecule has 212 valence electrons. The normalized spacial score (nSPS) is 16.9. The molecule has 6 rings (SSSR count). The molecular formula is C35H38IN3OS. The van der Waals surface area contributed by atoms with E-state index in [1.54, 1.807) is 12.1 Å². The predicted octanol–water partition coefficient (Wildman–Crippen LogP) is 4.58. The van der Waals surface area contributed by atoms with E-state index in [-0.39, 0.29) is 29.7 Å². The highest BCUT2D eigenvalue weighted by molar-refractivity contribution is 8.03. The number of rotatable bonds is 7. The van der Waals surface area contributed by atoms with Gasteiger partial charge in [-0.25, -0.2) is 0 Å². The molecule has 0 amide bonds. The minimum atomic E-state index is 0. The minimum Gasteiger partial charge on any atom is -1.00 e. The molecule has 0 aliphatic carbocycles. The lowest BCUT2D eigenvalue weighted by atomic mass is 9.99. The van der Waals surface area contributed by atoms with E-state index < -0.39 is 0 Å². The summed E-state index contributed by atoms with van der Waals surface area (Å²) in [5.41, 5.74) is 5.94. The van der Waals surface area contributed by atoms with E-state index in [9.17, 15) is 5.11 Å². The number of hydrogen-bond acceptors (Lipinski definition) is 4. The number of aromatic nitrogens is 1. The fourth-order valence-corrected chi connectivity index (χ4v) is 6.93. The lowest BCUT2D eigenvalue weighted by Gasteiger charge is -2.31. The number of phenols is 1. The third-order valence-corrected chi connectivity index (χ3v) is 9.37. The number of thioether (sulfide) groups is 1. The number of benzene rings is 3. The molecule has 41 heavy (non-hydrogen) atoms. The first-order valence-corrected chi connectivity index (χ1v) is 15.2. The van der Waals surface area contributed by atoms with Crippen molar-refractivity contribution < 1.29 is 33.7 Å². The molecule has 0 saturated carbocycles. The molecule has 2 aliphatic rings. The molecule has 1 N–H and O–H groups in total. The summed E-state index contributed by atoms with van der Waals surface area (Å²) in [5.74, 6) is 1.16. The lowest BCUT2D eigenvalue weighted by molar-refractivity contribution is -0.646. The van der Waals surface area contributed by atoms with Crippen molar-refractivity contribution in [1.29, 1.82) is 0 Å². The summed E-state index contributed by atoms with van der Waals surface area (Å²) in [4.78, 5) is 6.51. The molecule has 3 aromatic carbocycles. The highest BCUT2D eigenvalue weighted by atomic mass is 127. The second kappa shape index (κ2) is 13.4. The second-order valence-electron chi connectivity index (χ2n) is 11.1. The van der Waals surface area contributed by atoms with Crippen LogP contribution in [-0.4, -0.2) is 36.2 Å². The topological polar surface area (TPSA) is 30.6 Å². The van der Waals surface area contributed by atoms with Gasteiger partial charge in [-0.1, -0.05) is 55.1 Å². The van der Waals surface area contributed by atoms with Gasteiger partial charge >= 0.3 is 0 Å². The Hall–Kier alpha value is -2.81. The van der Waals surface area contributed by atoms with Crippen LogP contribution < -0.4 is 33.4 Å². The number of phenolic OH excluding ortho intramolecular Hbond substituents is 1. The first-order valence-electron chi connectivity index (χ1n) is 14.4. The van der Waals surface area contributed by atoms with Crippen molar-refractivity contribution in [1.82, 2.24) is 4.90 Å². The number of halogens is 1. The van der Waals surface area contributed by atoms with Gasteiger partial charge in [-0.15, -0.1) is 0 Å². The van der Waals surface area contributed by atoms with Crippen LogP contribution >= 0.6 is 11.8 Å². The Balaban J connectivity index is 0.00000337. The number of aryl methyl sites for hydroxylation is 1. The van der Waals surface area contributed by atoms with Gasteiger partial charge in [-0.3, -0.25) is 0 Å². The van der Waals surface area contributed by atoms with Crippen molar-refractivity contribution in [3.63, 3.8) is 0 Å². The SMILES string of the molecule is CC1CCN(CCCN2/C(=C/c3cc(/C=C/c4ccc(O)cc4)[n+](C)c4ccccc34)Sc3ccccc32)CC1.[I-]. The molecule has 0 unspecified atom stereocenters. The molecule has 0 radical (unpaired) electrons.